The van der Waals surface area contributed by atoms with Gasteiger partial charge in [-0.1, -0.05) is 12.1 Å². The van der Waals surface area contributed by atoms with Gasteiger partial charge in [-0.15, -0.1) is 0 Å². The molecule has 2 aliphatic heterocycles. The van der Waals surface area contributed by atoms with Crippen molar-refractivity contribution >= 4 is 29.1 Å². The second-order valence-electron chi connectivity index (χ2n) is 7.36. The molecule has 8 nitrogen and oxygen atoms in total. The first-order valence-corrected chi connectivity index (χ1v) is 10.1. The molecule has 2 aromatic rings. The molecule has 0 aromatic heterocycles. The lowest BCUT2D eigenvalue weighted by Crippen LogP contribution is -2.56. The Kier molecular flexibility index (Phi) is 6.01. The lowest BCUT2D eigenvalue weighted by Gasteiger charge is -2.38. The molecule has 31 heavy (non-hydrogen) atoms. The molecule has 2 heterocycles. The van der Waals surface area contributed by atoms with E-state index >= 15 is 0 Å². The predicted octanol–water partition coefficient (Wildman–Crippen LogP) is 1.84. The van der Waals surface area contributed by atoms with Gasteiger partial charge >= 0.3 is 0 Å². The summed E-state index contributed by atoms with van der Waals surface area (Å²) in [5.74, 6) is 0.0828. The molecule has 0 radical (unpaired) electrons. The number of halogens is 1. The molecular formula is C22H24FN5O3. The van der Waals surface area contributed by atoms with E-state index in [1.54, 1.807) is 30.3 Å². The quantitative estimate of drug-likeness (QED) is 0.781. The molecule has 0 spiro atoms. The standard InChI is InChI=1S/C22H24FN5O3/c1-31-19-5-3-2-4-17(19)24-21(30)18-14-20(29)26-22(25-18)28-12-10-27(11-13-28)16-8-6-15(23)7-9-16/h2-9,18H,10-14H2,1H3,(H,24,30)(H,25,26,29)/t18-/m1/s1. The van der Waals surface area contributed by atoms with E-state index < -0.39 is 6.04 Å². The number of hydrogen-bond acceptors (Lipinski definition) is 6. The van der Waals surface area contributed by atoms with Crippen molar-refractivity contribution in [1.29, 1.82) is 0 Å². The van der Waals surface area contributed by atoms with E-state index in [-0.39, 0.29) is 24.1 Å². The van der Waals surface area contributed by atoms with Gasteiger partial charge in [0.05, 0.1) is 19.2 Å². The first-order valence-electron chi connectivity index (χ1n) is 10.1. The smallest absolute Gasteiger partial charge is 0.249 e. The van der Waals surface area contributed by atoms with Crippen LogP contribution in [-0.2, 0) is 9.59 Å². The minimum Gasteiger partial charge on any atom is -0.495 e. The van der Waals surface area contributed by atoms with Crippen molar-refractivity contribution in [3.05, 3.63) is 54.3 Å². The maximum absolute atomic E-state index is 13.2. The third kappa shape index (κ3) is 4.76. The molecule has 0 saturated carbocycles. The van der Waals surface area contributed by atoms with E-state index in [1.165, 1.54) is 19.2 Å². The molecule has 2 aliphatic rings. The first-order chi connectivity index (χ1) is 15.0. The number of ether oxygens (including phenoxy) is 1. The van der Waals surface area contributed by atoms with Crippen LogP contribution < -0.4 is 20.3 Å². The molecular weight excluding hydrogens is 401 g/mol. The van der Waals surface area contributed by atoms with E-state index in [9.17, 15) is 14.0 Å². The molecule has 1 atom stereocenters. The molecule has 4 rings (SSSR count). The normalized spacial score (nSPS) is 18.8. The number of amides is 2. The first kappa shape index (κ1) is 20.6. The summed E-state index contributed by atoms with van der Waals surface area (Å²) in [4.78, 5) is 33.6. The van der Waals surface area contributed by atoms with Crippen LogP contribution in [-0.4, -0.2) is 62.0 Å². The fourth-order valence-electron chi connectivity index (χ4n) is 3.68. The Morgan fingerprint density at radius 3 is 2.48 bits per heavy atom. The van der Waals surface area contributed by atoms with E-state index in [0.717, 1.165) is 5.69 Å². The van der Waals surface area contributed by atoms with Gasteiger partial charge in [0.2, 0.25) is 17.8 Å². The number of anilines is 2. The highest BCUT2D eigenvalue weighted by molar-refractivity contribution is 6.06. The second kappa shape index (κ2) is 9.03. The summed E-state index contributed by atoms with van der Waals surface area (Å²) < 4.78 is 18.4. The number of carbonyl (C=O) groups is 2. The Morgan fingerprint density at radius 2 is 1.77 bits per heavy atom. The predicted molar refractivity (Wildman–Crippen MR) is 116 cm³/mol. The number of methoxy groups -OCH3 is 1. The largest absolute Gasteiger partial charge is 0.495 e. The summed E-state index contributed by atoms with van der Waals surface area (Å²) in [5, 5.41) is 5.58. The van der Waals surface area contributed by atoms with E-state index in [2.05, 4.69) is 20.5 Å². The van der Waals surface area contributed by atoms with E-state index in [0.29, 0.717) is 43.6 Å². The Hall–Kier alpha value is -3.62. The number of nitrogens with zero attached hydrogens (tertiary/aromatic N) is 3. The van der Waals surface area contributed by atoms with Crippen LogP contribution in [0.1, 0.15) is 6.42 Å². The van der Waals surface area contributed by atoms with Gasteiger partial charge in [-0.3, -0.25) is 14.9 Å². The molecule has 1 saturated heterocycles. The monoisotopic (exact) mass is 425 g/mol. The van der Waals surface area contributed by atoms with Crippen molar-refractivity contribution in [2.24, 2.45) is 4.99 Å². The van der Waals surface area contributed by atoms with Crippen LogP contribution in [0.15, 0.2) is 53.5 Å². The van der Waals surface area contributed by atoms with Crippen LogP contribution >= 0.6 is 0 Å². The highest BCUT2D eigenvalue weighted by Crippen LogP contribution is 2.24. The number of guanidine groups is 1. The molecule has 2 N–H and O–H groups in total. The highest BCUT2D eigenvalue weighted by atomic mass is 19.1. The summed E-state index contributed by atoms with van der Waals surface area (Å²) in [7, 11) is 1.53. The SMILES string of the molecule is COc1ccccc1NC(=O)[C@H]1CC(=O)NC(N2CCN(c3ccc(F)cc3)CC2)=N1. The Morgan fingerprint density at radius 1 is 1.10 bits per heavy atom. The molecule has 0 aliphatic carbocycles. The van der Waals surface area contributed by atoms with Gasteiger partial charge in [0.1, 0.15) is 17.6 Å². The minimum absolute atomic E-state index is 0.0139. The lowest BCUT2D eigenvalue weighted by molar-refractivity contribution is -0.125. The van der Waals surface area contributed by atoms with Gasteiger partial charge in [-0.25, -0.2) is 9.38 Å². The average Bonchev–Trinajstić information content (AvgIpc) is 2.79. The van der Waals surface area contributed by atoms with Crippen LogP contribution in [0.2, 0.25) is 0 Å². The fourth-order valence-corrected chi connectivity index (χ4v) is 3.68. The number of piperazine rings is 1. The summed E-state index contributed by atoms with van der Waals surface area (Å²) in [6.07, 6.45) is -0.0139. The lowest BCUT2D eigenvalue weighted by atomic mass is 10.1. The zero-order valence-electron chi connectivity index (χ0n) is 17.2. The van der Waals surface area contributed by atoms with Crippen molar-refractivity contribution in [2.75, 3.05) is 43.5 Å². The average molecular weight is 425 g/mol. The third-order valence-corrected chi connectivity index (χ3v) is 5.35. The Bertz CT molecular complexity index is 987. The van der Waals surface area contributed by atoms with Crippen molar-refractivity contribution in [3.63, 3.8) is 0 Å². The molecule has 1 fully saturated rings. The Balaban J connectivity index is 1.42. The number of carbonyl (C=O) groups excluding carboxylic acids is 2. The number of para-hydroxylation sites is 2. The highest BCUT2D eigenvalue weighted by Gasteiger charge is 2.31. The summed E-state index contributed by atoms with van der Waals surface area (Å²) >= 11 is 0. The van der Waals surface area contributed by atoms with Gasteiger partial charge in [0.15, 0.2) is 0 Å². The maximum atomic E-state index is 13.2. The number of rotatable bonds is 4. The van der Waals surface area contributed by atoms with Gasteiger partial charge in [0, 0.05) is 31.9 Å². The number of benzene rings is 2. The van der Waals surface area contributed by atoms with Crippen molar-refractivity contribution in [2.45, 2.75) is 12.5 Å². The molecule has 2 aromatic carbocycles. The van der Waals surface area contributed by atoms with Crippen LogP contribution in [0.4, 0.5) is 15.8 Å². The summed E-state index contributed by atoms with van der Waals surface area (Å²) in [6.45, 7) is 2.63. The second-order valence-corrected chi connectivity index (χ2v) is 7.36. The van der Waals surface area contributed by atoms with Gasteiger partial charge in [-0.05, 0) is 36.4 Å². The molecule has 9 heteroatoms. The zero-order valence-corrected chi connectivity index (χ0v) is 17.2. The molecule has 2 amide bonds. The number of hydrogen-bond donors (Lipinski definition) is 2. The summed E-state index contributed by atoms with van der Waals surface area (Å²) in [6, 6.07) is 12.7. The van der Waals surface area contributed by atoms with Gasteiger partial charge < -0.3 is 19.9 Å². The van der Waals surface area contributed by atoms with Crippen molar-refractivity contribution < 1.29 is 18.7 Å². The van der Waals surface area contributed by atoms with Crippen LogP contribution in [0, 0.1) is 5.82 Å². The van der Waals surface area contributed by atoms with Crippen molar-refractivity contribution in [3.8, 4) is 5.75 Å². The van der Waals surface area contributed by atoms with E-state index in [1.807, 2.05) is 11.0 Å². The molecule has 162 valence electrons. The fraction of sp³-hybridized carbons (Fsp3) is 0.318. The van der Waals surface area contributed by atoms with Gasteiger partial charge in [0.25, 0.3) is 0 Å². The van der Waals surface area contributed by atoms with Crippen molar-refractivity contribution in [1.82, 2.24) is 10.2 Å². The van der Waals surface area contributed by atoms with E-state index in [4.69, 9.17) is 4.74 Å². The zero-order chi connectivity index (χ0) is 21.8. The maximum Gasteiger partial charge on any atom is 0.249 e. The number of aliphatic imine (C=N–C) groups is 1. The van der Waals surface area contributed by atoms with Crippen LogP contribution in [0.5, 0.6) is 5.75 Å². The van der Waals surface area contributed by atoms with Crippen LogP contribution in [0.3, 0.4) is 0 Å². The minimum atomic E-state index is -0.816. The topological polar surface area (TPSA) is 86.3 Å². The number of nitrogens with one attached hydrogen (secondary N) is 2. The van der Waals surface area contributed by atoms with Crippen LogP contribution in [0.25, 0.3) is 0 Å². The molecule has 0 unspecified atom stereocenters. The Labute approximate surface area is 179 Å². The molecule has 0 bridgehead atoms. The summed E-state index contributed by atoms with van der Waals surface area (Å²) in [5.41, 5.74) is 1.48. The van der Waals surface area contributed by atoms with Gasteiger partial charge in [-0.2, -0.15) is 0 Å². The third-order valence-electron chi connectivity index (χ3n) is 5.35.